The van der Waals surface area contributed by atoms with E-state index >= 15 is 0 Å². The van der Waals surface area contributed by atoms with Gasteiger partial charge < -0.3 is 15.8 Å². The van der Waals surface area contributed by atoms with Crippen molar-refractivity contribution in [3.05, 3.63) is 29.8 Å². The highest BCUT2D eigenvalue weighted by molar-refractivity contribution is 5.80. The van der Waals surface area contributed by atoms with E-state index in [9.17, 15) is 4.79 Å². The normalized spacial score (nSPS) is 12.9. The molecule has 4 heteroatoms. The summed E-state index contributed by atoms with van der Waals surface area (Å²) in [5.41, 5.74) is 6.68. The molecular formula is C15H24N2O2. The zero-order valence-electron chi connectivity index (χ0n) is 12.2. The number of nitrogens with two attached hydrogens (primary N) is 1. The lowest BCUT2D eigenvalue weighted by atomic mass is 9.87. The Hall–Kier alpha value is -1.55. The molecule has 0 aromatic heterocycles. The quantitative estimate of drug-likeness (QED) is 0.852. The predicted octanol–water partition coefficient (Wildman–Crippen LogP) is 1.83. The molecule has 0 fully saturated rings. The van der Waals surface area contributed by atoms with Crippen molar-refractivity contribution >= 4 is 5.91 Å². The van der Waals surface area contributed by atoms with Gasteiger partial charge in [-0.15, -0.1) is 0 Å². The van der Waals surface area contributed by atoms with E-state index in [1.807, 2.05) is 24.3 Å². The zero-order valence-corrected chi connectivity index (χ0v) is 12.2. The molecule has 1 amide bonds. The molecule has 0 radical (unpaired) electrons. The minimum Gasteiger partial charge on any atom is -0.481 e. The second kappa shape index (κ2) is 6.57. The van der Waals surface area contributed by atoms with E-state index < -0.39 is 6.10 Å². The van der Waals surface area contributed by atoms with Gasteiger partial charge in [-0.3, -0.25) is 4.79 Å². The zero-order chi connectivity index (χ0) is 14.5. The highest BCUT2D eigenvalue weighted by Crippen LogP contribution is 2.24. The van der Waals surface area contributed by atoms with E-state index in [0.717, 1.165) is 0 Å². The maximum absolute atomic E-state index is 11.6. The van der Waals surface area contributed by atoms with Crippen molar-refractivity contribution in [1.82, 2.24) is 5.32 Å². The molecule has 0 aliphatic heterocycles. The molecule has 1 aromatic rings. The van der Waals surface area contributed by atoms with E-state index in [2.05, 4.69) is 26.1 Å². The lowest BCUT2D eigenvalue weighted by Gasteiger charge is -2.20. The average Bonchev–Trinajstić information content (AvgIpc) is 2.35. The Kier molecular flexibility index (Phi) is 5.36. The summed E-state index contributed by atoms with van der Waals surface area (Å²) in [7, 11) is 0. The first-order chi connectivity index (χ1) is 8.84. The van der Waals surface area contributed by atoms with Crippen molar-refractivity contribution in [1.29, 1.82) is 0 Å². The topological polar surface area (TPSA) is 64.3 Å². The van der Waals surface area contributed by atoms with Crippen LogP contribution in [0.15, 0.2) is 24.3 Å². The van der Waals surface area contributed by atoms with Gasteiger partial charge in [0.2, 0.25) is 0 Å². The number of rotatable bonds is 5. The van der Waals surface area contributed by atoms with Gasteiger partial charge in [0.15, 0.2) is 6.10 Å². The summed E-state index contributed by atoms with van der Waals surface area (Å²) in [6, 6.07) is 7.85. The minimum atomic E-state index is -0.521. The van der Waals surface area contributed by atoms with Crippen LogP contribution in [-0.2, 0) is 10.2 Å². The van der Waals surface area contributed by atoms with Crippen molar-refractivity contribution in [2.24, 2.45) is 5.73 Å². The lowest BCUT2D eigenvalue weighted by Crippen LogP contribution is -2.38. The largest absolute Gasteiger partial charge is 0.481 e. The predicted molar refractivity (Wildman–Crippen MR) is 77.3 cm³/mol. The first-order valence-corrected chi connectivity index (χ1v) is 6.59. The number of ether oxygens (including phenoxy) is 1. The van der Waals surface area contributed by atoms with Crippen molar-refractivity contribution in [3.8, 4) is 5.75 Å². The highest BCUT2D eigenvalue weighted by atomic mass is 16.5. The highest BCUT2D eigenvalue weighted by Gasteiger charge is 2.16. The van der Waals surface area contributed by atoms with Crippen LogP contribution in [0.25, 0.3) is 0 Å². The standard InChI is InChI=1S/C15H24N2O2/c1-11(14(18)17-10-9-16)19-13-7-5-12(6-8-13)15(2,3)4/h5-8,11H,9-10,16H2,1-4H3,(H,17,18). The SMILES string of the molecule is CC(Oc1ccc(C(C)(C)C)cc1)C(=O)NCCN. The Morgan fingerprint density at radius 1 is 1.32 bits per heavy atom. The maximum Gasteiger partial charge on any atom is 0.260 e. The first kappa shape index (κ1) is 15.5. The van der Waals surface area contributed by atoms with E-state index in [1.165, 1.54) is 5.56 Å². The van der Waals surface area contributed by atoms with Crippen molar-refractivity contribution in [2.45, 2.75) is 39.2 Å². The van der Waals surface area contributed by atoms with Gasteiger partial charge in [-0.2, -0.15) is 0 Å². The third kappa shape index (κ3) is 4.91. The molecule has 1 rings (SSSR count). The Bertz CT molecular complexity index is 407. The third-order valence-electron chi connectivity index (χ3n) is 2.85. The average molecular weight is 264 g/mol. The number of benzene rings is 1. The Labute approximate surface area is 115 Å². The fourth-order valence-corrected chi connectivity index (χ4v) is 1.63. The van der Waals surface area contributed by atoms with E-state index in [-0.39, 0.29) is 11.3 Å². The fourth-order valence-electron chi connectivity index (χ4n) is 1.63. The summed E-state index contributed by atoms with van der Waals surface area (Å²) in [5.74, 6) is 0.550. The summed E-state index contributed by atoms with van der Waals surface area (Å²) >= 11 is 0. The molecule has 1 unspecified atom stereocenters. The van der Waals surface area contributed by atoms with E-state index in [4.69, 9.17) is 10.5 Å². The van der Waals surface area contributed by atoms with Gasteiger partial charge in [0.25, 0.3) is 5.91 Å². The second-order valence-corrected chi connectivity index (χ2v) is 5.61. The molecule has 0 saturated heterocycles. The van der Waals surface area contributed by atoms with Crippen molar-refractivity contribution in [2.75, 3.05) is 13.1 Å². The molecule has 3 N–H and O–H groups in total. The molecular weight excluding hydrogens is 240 g/mol. The summed E-state index contributed by atoms with van der Waals surface area (Å²) in [5, 5.41) is 2.70. The number of amides is 1. The molecule has 0 saturated carbocycles. The first-order valence-electron chi connectivity index (χ1n) is 6.59. The number of hydrogen-bond donors (Lipinski definition) is 2. The molecule has 1 aromatic carbocycles. The number of carbonyl (C=O) groups is 1. The van der Waals surface area contributed by atoms with Crippen LogP contribution in [0, 0.1) is 0 Å². The van der Waals surface area contributed by atoms with Crippen LogP contribution < -0.4 is 15.8 Å². The van der Waals surface area contributed by atoms with Gasteiger partial charge in [0, 0.05) is 13.1 Å². The van der Waals surface area contributed by atoms with E-state index in [1.54, 1.807) is 6.92 Å². The molecule has 0 spiro atoms. The van der Waals surface area contributed by atoms with Crippen LogP contribution in [0.5, 0.6) is 5.75 Å². The number of hydrogen-bond acceptors (Lipinski definition) is 3. The molecule has 0 bridgehead atoms. The smallest absolute Gasteiger partial charge is 0.260 e. The molecule has 19 heavy (non-hydrogen) atoms. The molecule has 4 nitrogen and oxygen atoms in total. The summed E-state index contributed by atoms with van der Waals surface area (Å²) in [4.78, 5) is 11.6. The van der Waals surface area contributed by atoms with Crippen LogP contribution in [-0.4, -0.2) is 25.1 Å². The van der Waals surface area contributed by atoms with Gasteiger partial charge >= 0.3 is 0 Å². The van der Waals surface area contributed by atoms with Gasteiger partial charge in [-0.25, -0.2) is 0 Å². The second-order valence-electron chi connectivity index (χ2n) is 5.61. The maximum atomic E-state index is 11.6. The molecule has 1 atom stereocenters. The van der Waals surface area contributed by atoms with Crippen LogP contribution >= 0.6 is 0 Å². The van der Waals surface area contributed by atoms with E-state index in [0.29, 0.717) is 18.8 Å². The fraction of sp³-hybridized carbons (Fsp3) is 0.533. The Morgan fingerprint density at radius 2 is 1.89 bits per heavy atom. The van der Waals surface area contributed by atoms with Crippen molar-refractivity contribution < 1.29 is 9.53 Å². The van der Waals surface area contributed by atoms with Crippen LogP contribution in [0.4, 0.5) is 0 Å². The monoisotopic (exact) mass is 264 g/mol. The number of nitrogens with one attached hydrogen (secondary N) is 1. The molecule has 0 heterocycles. The third-order valence-corrected chi connectivity index (χ3v) is 2.85. The van der Waals surface area contributed by atoms with Gasteiger partial charge in [0.1, 0.15) is 5.75 Å². The summed E-state index contributed by atoms with van der Waals surface area (Å²) < 4.78 is 5.59. The molecule has 0 aliphatic carbocycles. The van der Waals surface area contributed by atoms with Crippen LogP contribution in [0.1, 0.15) is 33.3 Å². The Morgan fingerprint density at radius 3 is 2.37 bits per heavy atom. The summed E-state index contributed by atoms with van der Waals surface area (Å²) in [6.45, 7) is 9.10. The van der Waals surface area contributed by atoms with Crippen molar-refractivity contribution in [3.63, 3.8) is 0 Å². The minimum absolute atomic E-state index is 0.114. The summed E-state index contributed by atoms with van der Waals surface area (Å²) in [6.07, 6.45) is -0.521. The number of carbonyl (C=O) groups excluding carboxylic acids is 1. The molecule has 106 valence electrons. The van der Waals surface area contributed by atoms with Gasteiger partial charge in [-0.1, -0.05) is 32.9 Å². The Balaban J connectivity index is 2.60. The lowest BCUT2D eigenvalue weighted by molar-refractivity contribution is -0.127. The molecule has 0 aliphatic rings. The van der Waals surface area contributed by atoms with Crippen LogP contribution in [0.2, 0.25) is 0 Å². The van der Waals surface area contributed by atoms with Gasteiger partial charge in [-0.05, 0) is 30.0 Å². The van der Waals surface area contributed by atoms with Gasteiger partial charge in [0.05, 0.1) is 0 Å². The van der Waals surface area contributed by atoms with Crippen LogP contribution in [0.3, 0.4) is 0 Å².